The Balaban J connectivity index is 1.96. The van der Waals surface area contributed by atoms with E-state index in [-0.39, 0.29) is 0 Å². The molecule has 3 aromatic carbocycles. The predicted octanol–water partition coefficient (Wildman–Crippen LogP) is 4.98. The van der Waals surface area contributed by atoms with Crippen LogP contribution in [0.1, 0.15) is 0 Å². The largest absolute Gasteiger partial charge is 0.456 e. The minimum atomic E-state index is 0.706. The molecule has 94 valence electrons. The van der Waals surface area contributed by atoms with Crippen LogP contribution in [-0.2, 0) is 0 Å². The topological polar surface area (TPSA) is 35.2 Å². The van der Waals surface area contributed by atoms with E-state index in [1.165, 1.54) is 5.39 Å². The second kappa shape index (κ2) is 4.94. The molecule has 0 atom stereocenters. The number of nitrogens with two attached hydrogens (primary N) is 1. The molecule has 0 aliphatic heterocycles. The highest BCUT2D eigenvalue weighted by atomic mass is 79.9. The molecular formula is C16H12BrNO. The van der Waals surface area contributed by atoms with Gasteiger partial charge in [-0.2, -0.15) is 0 Å². The van der Waals surface area contributed by atoms with Crippen LogP contribution in [0.2, 0.25) is 0 Å². The summed E-state index contributed by atoms with van der Waals surface area (Å²) in [5, 5.41) is 2.36. The van der Waals surface area contributed by atoms with Crippen LogP contribution in [0.15, 0.2) is 65.1 Å². The van der Waals surface area contributed by atoms with E-state index in [2.05, 4.69) is 34.1 Å². The Kier molecular flexibility index (Phi) is 3.13. The van der Waals surface area contributed by atoms with E-state index in [1.807, 2.05) is 42.5 Å². The maximum Gasteiger partial charge on any atom is 0.141 e. The number of halogens is 1. The first-order valence-electron chi connectivity index (χ1n) is 5.94. The van der Waals surface area contributed by atoms with E-state index >= 15 is 0 Å². The lowest BCUT2D eigenvalue weighted by Crippen LogP contribution is -1.88. The first kappa shape index (κ1) is 12.1. The molecule has 3 heteroatoms. The van der Waals surface area contributed by atoms with E-state index in [0.29, 0.717) is 5.69 Å². The number of hydrogen-bond acceptors (Lipinski definition) is 2. The molecule has 2 nitrogen and oxygen atoms in total. The second-order valence-corrected chi connectivity index (χ2v) is 5.16. The van der Waals surface area contributed by atoms with Gasteiger partial charge < -0.3 is 10.5 Å². The smallest absolute Gasteiger partial charge is 0.141 e. The normalized spacial score (nSPS) is 10.6. The molecule has 19 heavy (non-hydrogen) atoms. The van der Waals surface area contributed by atoms with Crippen molar-refractivity contribution in [2.45, 2.75) is 0 Å². The minimum Gasteiger partial charge on any atom is -0.456 e. The van der Waals surface area contributed by atoms with Crippen LogP contribution in [0.25, 0.3) is 10.8 Å². The van der Waals surface area contributed by atoms with Crippen LogP contribution >= 0.6 is 15.9 Å². The fourth-order valence-electron chi connectivity index (χ4n) is 1.96. The van der Waals surface area contributed by atoms with E-state index in [9.17, 15) is 0 Å². The molecule has 3 aromatic rings. The van der Waals surface area contributed by atoms with Crippen molar-refractivity contribution in [1.82, 2.24) is 0 Å². The molecule has 0 fully saturated rings. The molecule has 0 unspecified atom stereocenters. The lowest BCUT2D eigenvalue weighted by molar-refractivity contribution is 0.480. The van der Waals surface area contributed by atoms with Gasteiger partial charge in [-0.3, -0.25) is 0 Å². The van der Waals surface area contributed by atoms with Crippen LogP contribution in [0, 0.1) is 0 Å². The highest BCUT2D eigenvalue weighted by Gasteiger charge is 2.04. The summed E-state index contributed by atoms with van der Waals surface area (Å²) in [6.07, 6.45) is 0. The molecule has 0 bridgehead atoms. The molecular weight excluding hydrogens is 302 g/mol. The Hall–Kier alpha value is -2.00. The molecule has 0 radical (unpaired) electrons. The van der Waals surface area contributed by atoms with E-state index < -0.39 is 0 Å². The van der Waals surface area contributed by atoms with Crippen molar-refractivity contribution < 1.29 is 4.74 Å². The Morgan fingerprint density at radius 3 is 2.42 bits per heavy atom. The van der Waals surface area contributed by atoms with E-state index in [4.69, 9.17) is 10.5 Å². The monoisotopic (exact) mass is 313 g/mol. The van der Waals surface area contributed by atoms with Gasteiger partial charge in [-0.05, 0) is 57.0 Å². The minimum absolute atomic E-state index is 0.706. The van der Waals surface area contributed by atoms with Crippen molar-refractivity contribution in [1.29, 1.82) is 0 Å². The first-order valence-corrected chi connectivity index (χ1v) is 6.73. The van der Waals surface area contributed by atoms with Crippen molar-refractivity contribution in [2.24, 2.45) is 0 Å². The summed E-state index contributed by atoms with van der Waals surface area (Å²) in [6.45, 7) is 0. The Bertz CT molecular complexity index is 740. The van der Waals surface area contributed by atoms with Gasteiger partial charge in [0.25, 0.3) is 0 Å². The molecule has 2 N–H and O–H groups in total. The van der Waals surface area contributed by atoms with Crippen molar-refractivity contribution in [3.8, 4) is 11.5 Å². The number of fused-ring (bicyclic) bond motifs is 1. The summed E-state index contributed by atoms with van der Waals surface area (Å²) >= 11 is 3.45. The lowest BCUT2D eigenvalue weighted by atomic mass is 10.1. The molecule has 0 aliphatic carbocycles. The van der Waals surface area contributed by atoms with Crippen LogP contribution in [-0.4, -0.2) is 0 Å². The second-order valence-electron chi connectivity index (χ2n) is 4.30. The van der Waals surface area contributed by atoms with Gasteiger partial charge in [0.05, 0.1) is 4.47 Å². The number of hydrogen-bond donors (Lipinski definition) is 1. The molecule has 0 spiro atoms. The predicted molar refractivity (Wildman–Crippen MR) is 82.6 cm³/mol. The third-order valence-corrected chi connectivity index (χ3v) is 3.52. The zero-order valence-corrected chi connectivity index (χ0v) is 11.7. The van der Waals surface area contributed by atoms with Crippen molar-refractivity contribution in [2.75, 3.05) is 5.73 Å². The van der Waals surface area contributed by atoms with E-state index in [1.54, 1.807) is 0 Å². The highest BCUT2D eigenvalue weighted by Crippen LogP contribution is 2.32. The van der Waals surface area contributed by atoms with Gasteiger partial charge >= 0.3 is 0 Å². The number of rotatable bonds is 2. The van der Waals surface area contributed by atoms with E-state index in [0.717, 1.165) is 21.4 Å². The average molecular weight is 314 g/mol. The lowest BCUT2D eigenvalue weighted by Gasteiger charge is -2.09. The van der Waals surface area contributed by atoms with Crippen LogP contribution in [0.3, 0.4) is 0 Å². The van der Waals surface area contributed by atoms with Gasteiger partial charge in [0.2, 0.25) is 0 Å². The van der Waals surface area contributed by atoms with Gasteiger partial charge in [0.15, 0.2) is 0 Å². The molecule has 0 saturated carbocycles. The van der Waals surface area contributed by atoms with Crippen LogP contribution in [0.5, 0.6) is 11.5 Å². The summed E-state index contributed by atoms with van der Waals surface area (Å²) in [7, 11) is 0. The van der Waals surface area contributed by atoms with Crippen molar-refractivity contribution >= 4 is 32.4 Å². The molecule has 0 heterocycles. The summed E-state index contributed by atoms with van der Waals surface area (Å²) in [4.78, 5) is 0. The maximum absolute atomic E-state index is 5.87. The summed E-state index contributed by atoms with van der Waals surface area (Å²) in [5.74, 6) is 1.56. The fraction of sp³-hybridized carbons (Fsp3) is 0. The molecule has 3 rings (SSSR count). The molecule has 0 aliphatic rings. The van der Waals surface area contributed by atoms with Gasteiger partial charge in [-0.25, -0.2) is 0 Å². The molecule has 0 amide bonds. The van der Waals surface area contributed by atoms with Crippen LogP contribution < -0.4 is 10.5 Å². The Labute approximate surface area is 119 Å². The quantitative estimate of drug-likeness (QED) is 0.677. The number of anilines is 1. The molecule has 0 aromatic heterocycles. The van der Waals surface area contributed by atoms with Crippen molar-refractivity contribution in [3.05, 3.63) is 65.1 Å². The van der Waals surface area contributed by atoms with Gasteiger partial charge in [0, 0.05) is 5.69 Å². The van der Waals surface area contributed by atoms with Gasteiger partial charge in [-0.15, -0.1) is 0 Å². The Morgan fingerprint density at radius 2 is 1.63 bits per heavy atom. The molecule has 0 saturated heterocycles. The zero-order valence-electron chi connectivity index (χ0n) is 10.1. The zero-order chi connectivity index (χ0) is 13.2. The van der Waals surface area contributed by atoms with Gasteiger partial charge in [-0.1, -0.05) is 30.3 Å². The maximum atomic E-state index is 5.87. The summed E-state index contributed by atoms with van der Waals surface area (Å²) < 4.78 is 6.72. The standard InChI is InChI=1S/C16H12BrNO/c17-15-10-13(18)6-8-16(15)19-14-7-5-11-3-1-2-4-12(11)9-14/h1-10H,18H2. The number of ether oxygens (including phenoxy) is 1. The third kappa shape index (κ3) is 2.56. The third-order valence-electron chi connectivity index (χ3n) is 2.90. The van der Waals surface area contributed by atoms with Crippen molar-refractivity contribution in [3.63, 3.8) is 0 Å². The average Bonchev–Trinajstić information content (AvgIpc) is 2.42. The highest BCUT2D eigenvalue weighted by molar-refractivity contribution is 9.10. The fourth-order valence-corrected chi connectivity index (χ4v) is 2.44. The number of nitrogen functional groups attached to an aromatic ring is 1. The summed E-state index contributed by atoms with van der Waals surface area (Å²) in [5.41, 5.74) is 6.42. The number of benzene rings is 3. The first-order chi connectivity index (χ1) is 9.22. The summed E-state index contributed by atoms with van der Waals surface area (Å²) in [6, 6.07) is 19.7. The SMILES string of the molecule is Nc1ccc(Oc2ccc3ccccc3c2)c(Br)c1. The van der Waals surface area contributed by atoms with Crippen LogP contribution in [0.4, 0.5) is 5.69 Å². The van der Waals surface area contributed by atoms with Gasteiger partial charge in [0.1, 0.15) is 11.5 Å². The Morgan fingerprint density at radius 1 is 0.842 bits per heavy atom.